The Hall–Kier alpha value is -1.61. The van der Waals surface area contributed by atoms with Gasteiger partial charge in [-0.1, -0.05) is 30.3 Å². The fourth-order valence-corrected chi connectivity index (χ4v) is 2.85. The highest BCUT2D eigenvalue weighted by Gasteiger charge is 2.10. The van der Waals surface area contributed by atoms with Crippen LogP contribution in [0.2, 0.25) is 0 Å². The van der Waals surface area contributed by atoms with Crippen LogP contribution in [0.5, 0.6) is 11.5 Å². The first-order chi connectivity index (χ1) is 9.42. The topological polar surface area (TPSA) is 18.5 Å². The van der Waals surface area contributed by atoms with Gasteiger partial charge in [0, 0.05) is 17.1 Å². The number of fused-ring (bicyclic) bond motifs is 1. The molecule has 0 fully saturated rings. The van der Waals surface area contributed by atoms with Gasteiger partial charge in [0.25, 0.3) is 0 Å². The van der Waals surface area contributed by atoms with Crippen molar-refractivity contribution in [3.63, 3.8) is 0 Å². The number of ether oxygens (including phenoxy) is 2. The standard InChI is InChI=1S/C16H16O2S/c1-2-5-13(6-3-1)12-19-14-7-8-15-16(11-14)18-10-4-9-17-15/h1-3,5-8,11H,4,9-10,12H2. The van der Waals surface area contributed by atoms with Crippen molar-refractivity contribution in [2.24, 2.45) is 0 Å². The maximum atomic E-state index is 5.70. The molecule has 0 bridgehead atoms. The van der Waals surface area contributed by atoms with Crippen LogP contribution in [0.1, 0.15) is 12.0 Å². The number of rotatable bonds is 3. The van der Waals surface area contributed by atoms with E-state index in [4.69, 9.17) is 9.47 Å². The summed E-state index contributed by atoms with van der Waals surface area (Å²) < 4.78 is 11.3. The second-order valence-corrected chi connectivity index (χ2v) is 5.48. The summed E-state index contributed by atoms with van der Waals surface area (Å²) >= 11 is 1.82. The van der Waals surface area contributed by atoms with Crippen molar-refractivity contribution < 1.29 is 9.47 Å². The number of hydrogen-bond donors (Lipinski definition) is 0. The van der Waals surface area contributed by atoms with E-state index in [1.165, 1.54) is 10.5 Å². The molecule has 2 aromatic rings. The van der Waals surface area contributed by atoms with E-state index in [1.54, 1.807) is 0 Å². The third-order valence-corrected chi connectivity index (χ3v) is 4.03. The molecule has 1 heterocycles. The Kier molecular flexibility index (Phi) is 3.94. The average Bonchev–Trinajstić information content (AvgIpc) is 2.71. The lowest BCUT2D eigenvalue weighted by Gasteiger charge is -2.09. The van der Waals surface area contributed by atoms with E-state index in [0.29, 0.717) is 0 Å². The van der Waals surface area contributed by atoms with Gasteiger partial charge in [0.15, 0.2) is 11.5 Å². The smallest absolute Gasteiger partial charge is 0.162 e. The zero-order valence-electron chi connectivity index (χ0n) is 10.7. The number of thioether (sulfide) groups is 1. The molecule has 0 aliphatic carbocycles. The molecule has 3 heteroatoms. The van der Waals surface area contributed by atoms with Crippen molar-refractivity contribution in [2.75, 3.05) is 13.2 Å². The van der Waals surface area contributed by atoms with Gasteiger partial charge < -0.3 is 9.47 Å². The van der Waals surface area contributed by atoms with Gasteiger partial charge in [0.1, 0.15) is 0 Å². The number of hydrogen-bond acceptors (Lipinski definition) is 3. The van der Waals surface area contributed by atoms with Gasteiger partial charge in [0.05, 0.1) is 13.2 Å². The van der Waals surface area contributed by atoms with E-state index in [0.717, 1.165) is 36.9 Å². The van der Waals surface area contributed by atoms with Crippen LogP contribution < -0.4 is 9.47 Å². The Bertz CT molecular complexity index is 540. The predicted octanol–water partition coefficient (Wildman–Crippen LogP) is 4.14. The molecule has 1 aliphatic rings. The van der Waals surface area contributed by atoms with Crippen molar-refractivity contribution in [1.82, 2.24) is 0 Å². The van der Waals surface area contributed by atoms with E-state index in [1.807, 2.05) is 23.9 Å². The van der Waals surface area contributed by atoms with Crippen LogP contribution in [0, 0.1) is 0 Å². The molecule has 1 aliphatic heterocycles. The van der Waals surface area contributed by atoms with Crippen LogP contribution in [-0.4, -0.2) is 13.2 Å². The third kappa shape index (κ3) is 3.24. The predicted molar refractivity (Wildman–Crippen MR) is 78.1 cm³/mol. The minimum Gasteiger partial charge on any atom is -0.490 e. The summed E-state index contributed by atoms with van der Waals surface area (Å²) in [6.45, 7) is 1.48. The van der Waals surface area contributed by atoms with Gasteiger partial charge in [-0.15, -0.1) is 11.8 Å². The molecule has 0 unspecified atom stereocenters. The summed E-state index contributed by atoms with van der Waals surface area (Å²) in [6, 6.07) is 16.7. The lowest BCUT2D eigenvalue weighted by molar-refractivity contribution is 0.297. The second kappa shape index (κ2) is 6.02. The van der Waals surface area contributed by atoms with Crippen molar-refractivity contribution in [3.8, 4) is 11.5 Å². The maximum absolute atomic E-state index is 5.70. The van der Waals surface area contributed by atoms with Crippen molar-refractivity contribution in [1.29, 1.82) is 0 Å². The first-order valence-electron chi connectivity index (χ1n) is 6.48. The molecular formula is C16H16O2S. The molecule has 0 spiro atoms. The highest BCUT2D eigenvalue weighted by Crippen LogP contribution is 2.34. The highest BCUT2D eigenvalue weighted by atomic mass is 32.2. The van der Waals surface area contributed by atoms with Gasteiger partial charge in [-0.05, 0) is 23.8 Å². The Balaban J connectivity index is 1.70. The SMILES string of the molecule is c1ccc(CSc2ccc3c(c2)OCCCO3)cc1. The van der Waals surface area contributed by atoms with Crippen LogP contribution in [0.4, 0.5) is 0 Å². The maximum Gasteiger partial charge on any atom is 0.162 e. The molecule has 0 atom stereocenters. The lowest BCUT2D eigenvalue weighted by Crippen LogP contribution is -1.97. The van der Waals surface area contributed by atoms with Crippen LogP contribution >= 0.6 is 11.8 Å². The van der Waals surface area contributed by atoms with Gasteiger partial charge >= 0.3 is 0 Å². The second-order valence-electron chi connectivity index (χ2n) is 4.43. The first-order valence-corrected chi connectivity index (χ1v) is 7.47. The Morgan fingerprint density at radius 1 is 0.895 bits per heavy atom. The zero-order valence-corrected chi connectivity index (χ0v) is 11.5. The molecule has 3 rings (SSSR count). The largest absolute Gasteiger partial charge is 0.490 e. The summed E-state index contributed by atoms with van der Waals surface area (Å²) in [5, 5.41) is 0. The van der Waals surface area contributed by atoms with Crippen molar-refractivity contribution in [3.05, 3.63) is 54.1 Å². The summed E-state index contributed by atoms with van der Waals surface area (Å²) in [5.74, 6) is 2.71. The fourth-order valence-electron chi connectivity index (χ4n) is 1.97. The molecule has 0 aromatic heterocycles. The molecule has 2 nitrogen and oxygen atoms in total. The van der Waals surface area contributed by atoms with E-state index >= 15 is 0 Å². The molecule has 19 heavy (non-hydrogen) atoms. The number of benzene rings is 2. The Morgan fingerprint density at radius 3 is 2.53 bits per heavy atom. The van der Waals surface area contributed by atoms with Crippen LogP contribution in [0.3, 0.4) is 0 Å². The Morgan fingerprint density at radius 2 is 1.68 bits per heavy atom. The van der Waals surface area contributed by atoms with Crippen LogP contribution in [0.25, 0.3) is 0 Å². The molecule has 0 radical (unpaired) electrons. The first kappa shape index (κ1) is 12.4. The minimum atomic E-state index is 0.736. The van der Waals surface area contributed by atoms with Crippen LogP contribution in [0.15, 0.2) is 53.4 Å². The van der Waals surface area contributed by atoms with E-state index in [2.05, 4.69) is 36.4 Å². The van der Waals surface area contributed by atoms with Gasteiger partial charge in [-0.25, -0.2) is 0 Å². The minimum absolute atomic E-state index is 0.736. The van der Waals surface area contributed by atoms with E-state index < -0.39 is 0 Å². The summed E-state index contributed by atoms with van der Waals surface area (Å²) in [6.07, 6.45) is 0.946. The van der Waals surface area contributed by atoms with Crippen molar-refractivity contribution >= 4 is 11.8 Å². The van der Waals surface area contributed by atoms with Gasteiger partial charge in [-0.3, -0.25) is 0 Å². The quantitative estimate of drug-likeness (QED) is 0.782. The van der Waals surface area contributed by atoms with Gasteiger partial charge in [0.2, 0.25) is 0 Å². The van der Waals surface area contributed by atoms with Gasteiger partial charge in [-0.2, -0.15) is 0 Å². The van der Waals surface area contributed by atoms with Crippen molar-refractivity contribution in [2.45, 2.75) is 17.1 Å². The molecule has 0 amide bonds. The third-order valence-electron chi connectivity index (χ3n) is 2.97. The molecular weight excluding hydrogens is 256 g/mol. The highest BCUT2D eigenvalue weighted by molar-refractivity contribution is 7.98. The monoisotopic (exact) mass is 272 g/mol. The molecule has 0 saturated carbocycles. The normalized spacial score (nSPS) is 13.9. The molecule has 2 aromatic carbocycles. The lowest BCUT2D eigenvalue weighted by atomic mass is 10.2. The molecule has 0 N–H and O–H groups in total. The Labute approximate surface area is 117 Å². The zero-order chi connectivity index (χ0) is 12.9. The fraction of sp³-hybridized carbons (Fsp3) is 0.250. The van der Waals surface area contributed by atoms with E-state index in [9.17, 15) is 0 Å². The summed E-state index contributed by atoms with van der Waals surface area (Å²) in [5.41, 5.74) is 1.33. The summed E-state index contributed by atoms with van der Waals surface area (Å²) in [7, 11) is 0. The summed E-state index contributed by atoms with van der Waals surface area (Å²) in [4.78, 5) is 1.22. The molecule has 98 valence electrons. The van der Waals surface area contributed by atoms with Crippen LogP contribution in [-0.2, 0) is 5.75 Å². The van der Waals surface area contributed by atoms with E-state index in [-0.39, 0.29) is 0 Å². The average molecular weight is 272 g/mol. The molecule has 0 saturated heterocycles.